The quantitative estimate of drug-likeness (QED) is 0.827. The highest BCUT2D eigenvalue weighted by Gasteiger charge is 2.40. The van der Waals surface area contributed by atoms with Gasteiger partial charge in [0.05, 0.1) is 0 Å². The zero-order valence-electron chi connectivity index (χ0n) is 14.7. The second kappa shape index (κ2) is 7.30. The van der Waals surface area contributed by atoms with Crippen LogP contribution < -0.4 is 0 Å². The van der Waals surface area contributed by atoms with E-state index >= 15 is 0 Å². The molecule has 2 fully saturated rings. The van der Waals surface area contributed by atoms with E-state index in [9.17, 15) is 13.2 Å². The summed E-state index contributed by atoms with van der Waals surface area (Å²) in [7, 11) is -3.45. The van der Waals surface area contributed by atoms with Crippen LogP contribution in [-0.4, -0.2) is 49.7 Å². The van der Waals surface area contributed by atoms with Crippen molar-refractivity contribution in [1.29, 1.82) is 0 Å². The Hall–Kier alpha value is -1.66. The predicted molar refractivity (Wildman–Crippen MR) is 99.1 cm³/mol. The Kier molecular flexibility index (Phi) is 5.29. The molecule has 0 bridgehead atoms. The Bertz CT molecular complexity index is 729. The number of benzene rings is 1. The van der Waals surface area contributed by atoms with Crippen molar-refractivity contribution in [3.8, 4) is 0 Å². The van der Waals surface area contributed by atoms with Gasteiger partial charge in [-0.2, -0.15) is 4.31 Å². The summed E-state index contributed by atoms with van der Waals surface area (Å²) in [5.41, 5.74) is 0.614. The molecule has 1 saturated heterocycles. The van der Waals surface area contributed by atoms with Gasteiger partial charge in [0.15, 0.2) is 0 Å². The molecule has 1 aromatic carbocycles. The normalized spacial score (nSPS) is 21.7. The van der Waals surface area contributed by atoms with Crippen LogP contribution in [0.4, 0.5) is 0 Å². The molecule has 136 valence electrons. The maximum Gasteiger partial charge on any atom is 0.236 e. The summed E-state index contributed by atoms with van der Waals surface area (Å²) in [5, 5.41) is 1.26. The Morgan fingerprint density at radius 3 is 2.24 bits per heavy atom. The fraction of sp³-hybridized carbons (Fsp3) is 0.526. The Balaban J connectivity index is 1.59. The number of hydrogen-bond acceptors (Lipinski definition) is 3. The molecule has 2 aliphatic rings. The van der Waals surface area contributed by atoms with Crippen molar-refractivity contribution in [2.24, 2.45) is 5.41 Å². The standard InChI is InChI=1S/C19H26N2O3S/c1-19(10-5-6-11-19)18(22)20-12-14-21(15-13-20)25(23,24)16-9-17-7-3-2-4-8-17/h2-4,7-9,16H,5-6,10-15H2,1H3. The Morgan fingerprint density at radius 1 is 1.04 bits per heavy atom. The van der Waals surface area contributed by atoms with E-state index in [0.717, 1.165) is 31.2 Å². The zero-order valence-corrected chi connectivity index (χ0v) is 15.5. The van der Waals surface area contributed by atoms with Gasteiger partial charge in [-0.1, -0.05) is 50.1 Å². The van der Waals surface area contributed by atoms with Gasteiger partial charge >= 0.3 is 0 Å². The third-order valence-electron chi connectivity index (χ3n) is 5.34. The lowest BCUT2D eigenvalue weighted by atomic mass is 9.87. The molecule has 0 spiro atoms. The second-order valence-corrected chi connectivity index (χ2v) is 9.04. The molecule has 0 N–H and O–H groups in total. The molecule has 1 amide bonds. The van der Waals surface area contributed by atoms with Crippen molar-refractivity contribution in [1.82, 2.24) is 9.21 Å². The predicted octanol–water partition coefficient (Wildman–Crippen LogP) is 2.71. The van der Waals surface area contributed by atoms with E-state index < -0.39 is 10.0 Å². The van der Waals surface area contributed by atoms with Crippen LogP contribution in [0.2, 0.25) is 0 Å². The van der Waals surface area contributed by atoms with Gasteiger partial charge in [0, 0.05) is 37.0 Å². The van der Waals surface area contributed by atoms with Crippen molar-refractivity contribution in [3.63, 3.8) is 0 Å². The summed E-state index contributed by atoms with van der Waals surface area (Å²) < 4.78 is 26.4. The molecular formula is C19H26N2O3S. The van der Waals surface area contributed by atoms with Crippen LogP contribution in [0.3, 0.4) is 0 Å². The first-order valence-corrected chi connectivity index (χ1v) is 10.4. The fourth-order valence-electron chi connectivity index (χ4n) is 3.71. The third kappa shape index (κ3) is 4.12. The molecule has 0 aromatic heterocycles. The molecular weight excluding hydrogens is 336 g/mol. The van der Waals surface area contributed by atoms with Crippen LogP contribution in [0, 0.1) is 5.41 Å². The highest BCUT2D eigenvalue weighted by molar-refractivity contribution is 7.92. The molecule has 5 nitrogen and oxygen atoms in total. The van der Waals surface area contributed by atoms with E-state index in [1.165, 1.54) is 9.71 Å². The topological polar surface area (TPSA) is 57.7 Å². The first-order chi connectivity index (χ1) is 11.9. The maximum absolute atomic E-state index is 12.7. The number of nitrogens with zero attached hydrogens (tertiary/aromatic N) is 2. The Labute approximate surface area is 150 Å². The number of hydrogen-bond donors (Lipinski definition) is 0. The Morgan fingerprint density at radius 2 is 1.64 bits per heavy atom. The first-order valence-electron chi connectivity index (χ1n) is 8.93. The molecule has 1 aromatic rings. The van der Waals surface area contributed by atoms with Gasteiger partial charge in [-0.05, 0) is 24.5 Å². The first kappa shape index (κ1) is 18.1. The van der Waals surface area contributed by atoms with E-state index in [0.29, 0.717) is 26.2 Å². The van der Waals surface area contributed by atoms with Crippen LogP contribution >= 0.6 is 0 Å². The van der Waals surface area contributed by atoms with E-state index in [1.54, 1.807) is 6.08 Å². The summed E-state index contributed by atoms with van der Waals surface area (Å²) in [5.74, 6) is 0.196. The molecule has 1 aliphatic carbocycles. The van der Waals surface area contributed by atoms with Crippen molar-refractivity contribution < 1.29 is 13.2 Å². The highest BCUT2D eigenvalue weighted by atomic mass is 32.2. The minimum Gasteiger partial charge on any atom is -0.340 e. The number of carbonyl (C=O) groups excluding carboxylic acids is 1. The van der Waals surface area contributed by atoms with Gasteiger partial charge in [0.2, 0.25) is 15.9 Å². The lowest BCUT2D eigenvalue weighted by Gasteiger charge is -2.37. The summed E-state index contributed by atoms with van der Waals surface area (Å²) in [6.07, 6.45) is 5.74. The zero-order chi connectivity index (χ0) is 17.9. The number of carbonyl (C=O) groups is 1. The van der Waals surface area contributed by atoms with Crippen LogP contribution in [0.15, 0.2) is 35.7 Å². The van der Waals surface area contributed by atoms with E-state index in [4.69, 9.17) is 0 Å². The van der Waals surface area contributed by atoms with Crippen LogP contribution in [0.25, 0.3) is 6.08 Å². The average molecular weight is 362 g/mol. The lowest BCUT2D eigenvalue weighted by Crippen LogP contribution is -2.53. The summed E-state index contributed by atoms with van der Waals surface area (Å²) >= 11 is 0. The largest absolute Gasteiger partial charge is 0.340 e. The van der Waals surface area contributed by atoms with E-state index in [2.05, 4.69) is 0 Å². The molecule has 0 unspecified atom stereocenters. The van der Waals surface area contributed by atoms with Crippen LogP contribution in [0.1, 0.15) is 38.2 Å². The molecule has 1 aliphatic heterocycles. The number of amides is 1. The molecule has 1 saturated carbocycles. The average Bonchev–Trinajstić information content (AvgIpc) is 3.08. The van der Waals surface area contributed by atoms with Gasteiger partial charge < -0.3 is 4.90 Å². The highest BCUT2D eigenvalue weighted by Crippen LogP contribution is 2.39. The smallest absolute Gasteiger partial charge is 0.236 e. The van der Waals surface area contributed by atoms with Gasteiger partial charge in [-0.15, -0.1) is 0 Å². The maximum atomic E-state index is 12.7. The summed E-state index contributed by atoms with van der Waals surface area (Å²) in [4.78, 5) is 14.6. The van der Waals surface area contributed by atoms with E-state index in [1.807, 2.05) is 42.2 Å². The van der Waals surface area contributed by atoms with Gasteiger partial charge in [-0.25, -0.2) is 8.42 Å². The summed E-state index contributed by atoms with van der Waals surface area (Å²) in [6, 6.07) is 9.38. The fourth-order valence-corrected chi connectivity index (χ4v) is 4.88. The number of piperazine rings is 1. The van der Waals surface area contributed by atoms with Crippen LogP contribution in [0.5, 0.6) is 0 Å². The summed E-state index contributed by atoms with van der Waals surface area (Å²) in [6.45, 7) is 3.74. The molecule has 0 radical (unpaired) electrons. The number of sulfonamides is 1. The van der Waals surface area contributed by atoms with Crippen molar-refractivity contribution in [3.05, 3.63) is 41.3 Å². The van der Waals surface area contributed by atoms with Crippen LogP contribution in [-0.2, 0) is 14.8 Å². The molecule has 1 heterocycles. The van der Waals surface area contributed by atoms with Crippen molar-refractivity contribution in [2.75, 3.05) is 26.2 Å². The molecule has 6 heteroatoms. The van der Waals surface area contributed by atoms with Gasteiger partial charge in [0.25, 0.3) is 0 Å². The third-order valence-corrected chi connectivity index (χ3v) is 6.91. The van der Waals surface area contributed by atoms with Crippen molar-refractivity contribution >= 4 is 22.0 Å². The minimum atomic E-state index is -3.45. The molecule has 25 heavy (non-hydrogen) atoms. The van der Waals surface area contributed by atoms with Gasteiger partial charge in [-0.3, -0.25) is 4.79 Å². The van der Waals surface area contributed by atoms with E-state index in [-0.39, 0.29) is 11.3 Å². The minimum absolute atomic E-state index is 0.196. The monoisotopic (exact) mass is 362 g/mol. The number of rotatable bonds is 4. The second-order valence-electron chi connectivity index (χ2n) is 7.22. The SMILES string of the molecule is CC1(C(=O)N2CCN(S(=O)(=O)C=Cc3ccccc3)CC2)CCCC1. The molecule has 3 rings (SSSR count). The van der Waals surface area contributed by atoms with Gasteiger partial charge in [0.1, 0.15) is 0 Å². The van der Waals surface area contributed by atoms with Crippen molar-refractivity contribution in [2.45, 2.75) is 32.6 Å². The molecule has 0 atom stereocenters. The lowest BCUT2D eigenvalue weighted by molar-refractivity contribution is -0.142.